The molecule has 0 bridgehead atoms. The molecule has 420 valence electrons. The van der Waals surface area contributed by atoms with E-state index < -0.39 is 108 Å². The fraction of sp³-hybridized carbons (Fsp3) is 0.481. The number of imidazole rings is 1. The fourth-order valence-electron chi connectivity index (χ4n) is 9.16. The van der Waals surface area contributed by atoms with Gasteiger partial charge in [-0.1, -0.05) is 104 Å². The van der Waals surface area contributed by atoms with Gasteiger partial charge in [-0.3, -0.25) is 48.2 Å². The Balaban J connectivity index is 1.41. The summed E-state index contributed by atoms with van der Waals surface area (Å²) >= 11 is 0. The number of carbonyl (C=O) groups excluding carboxylic acids is 9. The summed E-state index contributed by atoms with van der Waals surface area (Å²) in [5.41, 5.74) is 19.6. The van der Waals surface area contributed by atoms with Crippen molar-refractivity contribution < 1.29 is 43.2 Å². The molecular formula is C52H71N15O9S2. The second-order valence-corrected chi connectivity index (χ2v) is 22.2. The first-order valence-corrected chi connectivity index (χ1v) is 28.4. The normalized spacial score (nSPS) is 24.0. The van der Waals surface area contributed by atoms with E-state index in [9.17, 15) is 43.2 Å². The van der Waals surface area contributed by atoms with Gasteiger partial charge in [0.05, 0.1) is 18.3 Å². The molecule has 0 spiro atoms. The van der Waals surface area contributed by atoms with Crippen LogP contribution in [0.15, 0.2) is 78.3 Å². The number of carbonyl (C=O) groups is 9. The first-order valence-electron chi connectivity index (χ1n) is 26.0. The quantitative estimate of drug-likeness (QED) is 0.0226. The van der Waals surface area contributed by atoms with Crippen molar-refractivity contribution in [3.05, 3.63) is 90.1 Å². The maximum Gasteiger partial charge on any atom is 0.325 e. The molecule has 24 nitrogen and oxygen atoms in total. The predicted octanol–water partition coefficient (Wildman–Crippen LogP) is 0.533. The molecule has 2 aliphatic rings. The largest absolute Gasteiger partial charge is 0.370 e. The number of guanidine groups is 1. The molecule has 0 unspecified atom stereocenters. The first kappa shape index (κ1) is 59.6. The summed E-state index contributed by atoms with van der Waals surface area (Å²) in [7, 11) is 2.21. The van der Waals surface area contributed by atoms with E-state index in [1.807, 2.05) is 31.2 Å². The summed E-state index contributed by atoms with van der Waals surface area (Å²) in [5, 5.41) is 20.1. The fourth-order valence-corrected chi connectivity index (χ4v) is 11.7. The SMILES string of the molecule is CCCC[C@@H]([C@H]1CSSC[C@@H](C(N)=O)NC(=O)[C@H](Cc2c[nH]c3ccccc23)NC(=O)[C@H](CCCN=C(N)N)NC(=O)[C@@H](Cc2ccccc2)NC(=O)[C@H](Cc2cnc[nH]2)NC(=O)[C@@H](C)NC1=O)N1C(=O)N[C@@H](C(C)C)C1=O. The van der Waals surface area contributed by atoms with Gasteiger partial charge < -0.3 is 64.4 Å². The molecule has 26 heteroatoms. The van der Waals surface area contributed by atoms with Crippen molar-refractivity contribution in [3.63, 3.8) is 0 Å². The number of urea groups is 1. The summed E-state index contributed by atoms with van der Waals surface area (Å²) in [5.74, 6) is -7.83. The Bertz CT molecular complexity index is 2770. The topological polar surface area (TPSA) is 376 Å². The van der Waals surface area contributed by atoms with Crippen molar-refractivity contribution in [2.24, 2.45) is 34.0 Å². The van der Waals surface area contributed by atoms with Crippen LogP contribution in [-0.4, -0.2) is 145 Å². The van der Waals surface area contributed by atoms with E-state index in [0.29, 0.717) is 29.7 Å². The third-order valence-electron chi connectivity index (χ3n) is 13.5. The number of benzene rings is 2. The summed E-state index contributed by atoms with van der Waals surface area (Å²) in [6, 6.07) is 5.53. The van der Waals surface area contributed by atoms with Crippen LogP contribution < -0.4 is 54.4 Å². The molecule has 10 amide bonds. The van der Waals surface area contributed by atoms with Crippen LogP contribution in [0, 0.1) is 11.8 Å². The second kappa shape index (κ2) is 28.7. The lowest BCUT2D eigenvalue weighted by molar-refractivity contribution is -0.136. The van der Waals surface area contributed by atoms with Gasteiger partial charge in [-0.25, -0.2) is 9.78 Å². The molecule has 4 aromatic rings. The Kier molecular flexibility index (Phi) is 21.9. The van der Waals surface area contributed by atoms with Gasteiger partial charge in [-0.15, -0.1) is 0 Å². The summed E-state index contributed by atoms with van der Waals surface area (Å²) in [6.07, 6.45) is 5.78. The molecule has 6 rings (SSSR count). The highest BCUT2D eigenvalue weighted by Gasteiger charge is 2.47. The molecular weight excluding hydrogens is 1040 g/mol. The molecule has 2 aromatic carbocycles. The Morgan fingerprint density at radius 3 is 2.00 bits per heavy atom. The Morgan fingerprint density at radius 2 is 1.35 bits per heavy atom. The van der Waals surface area contributed by atoms with Crippen molar-refractivity contribution in [2.45, 2.75) is 127 Å². The van der Waals surface area contributed by atoms with Crippen LogP contribution >= 0.6 is 21.6 Å². The Labute approximate surface area is 459 Å². The van der Waals surface area contributed by atoms with Gasteiger partial charge in [0.25, 0.3) is 5.91 Å². The predicted molar refractivity (Wildman–Crippen MR) is 297 cm³/mol. The van der Waals surface area contributed by atoms with E-state index >= 15 is 0 Å². The highest BCUT2D eigenvalue weighted by atomic mass is 33.1. The van der Waals surface area contributed by atoms with Gasteiger partial charge >= 0.3 is 6.03 Å². The average molecular weight is 1110 g/mol. The number of primary amides is 1. The molecule has 2 saturated heterocycles. The number of unbranched alkanes of at least 4 members (excludes halogenated alkanes) is 1. The number of nitrogens with zero attached hydrogens (tertiary/aromatic N) is 3. The number of nitrogens with one attached hydrogen (secondary N) is 9. The smallest absolute Gasteiger partial charge is 0.325 e. The lowest BCUT2D eigenvalue weighted by atomic mass is 9.93. The number of aromatic amines is 2. The van der Waals surface area contributed by atoms with Crippen molar-refractivity contribution in [2.75, 3.05) is 18.1 Å². The van der Waals surface area contributed by atoms with Gasteiger partial charge in [-0.05, 0) is 49.3 Å². The van der Waals surface area contributed by atoms with E-state index in [0.717, 1.165) is 37.4 Å². The second-order valence-electron chi connectivity index (χ2n) is 19.7. The number of nitrogens with two attached hydrogens (primary N) is 3. The third-order valence-corrected chi connectivity index (χ3v) is 15.9. The van der Waals surface area contributed by atoms with Crippen LogP contribution in [0.5, 0.6) is 0 Å². The minimum atomic E-state index is -1.37. The average Bonchev–Trinajstić information content (AvgIpc) is 4.20. The summed E-state index contributed by atoms with van der Waals surface area (Å²) < 4.78 is 0. The minimum Gasteiger partial charge on any atom is -0.370 e. The number of imide groups is 1. The molecule has 2 aliphatic heterocycles. The van der Waals surface area contributed by atoms with Crippen molar-refractivity contribution >= 4 is 91.7 Å². The maximum atomic E-state index is 14.7. The number of rotatable bonds is 17. The van der Waals surface area contributed by atoms with E-state index in [1.54, 1.807) is 50.4 Å². The number of H-pyrrole nitrogens is 2. The first-order chi connectivity index (χ1) is 37.3. The van der Waals surface area contributed by atoms with Crippen LogP contribution in [0.2, 0.25) is 0 Å². The lowest BCUT2D eigenvalue weighted by Gasteiger charge is -2.33. The van der Waals surface area contributed by atoms with Crippen LogP contribution in [0.25, 0.3) is 10.9 Å². The van der Waals surface area contributed by atoms with E-state index in [-0.39, 0.29) is 68.5 Å². The lowest BCUT2D eigenvalue weighted by Crippen LogP contribution is -2.60. The summed E-state index contributed by atoms with van der Waals surface area (Å²) in [6.45, 7) is 6.99. The van der Waals surface area contributed by atoms with Gasteiger partial charge in [0.2, 0.25) is 41.4 Å². The van der Waals surface area contributed by atoms with Crippen LogP contribution in [0.3, 0.4) is 0 Å². The number of hydrogen-bond donors (Lipinski definition) is 12. The highest BCUT2D eigenvalue weighted by Crippen LogP contribution is 2.32. The Hall–Kier alpha value is -7.61. The number of para-hydroxylation sites is 1. The standard InChI is InChI=1S/C52H71N15O9S2/c1-5-6-18-41(67-50(75)42(28(2)3)66-52(67)76)34-25-77-78-26-40(43(53)68)65-48(73)38(21-31-23-58-35-16-11-10-15-33(31)35)64-46(71)36(17-12-19-57-51(54)55)61-47(72)37(20-30-13-8-7-9-14-30)63-49(74)39(22-32-24-56-27-59-32)62-44(69)29(4)60-45(34)70/h7-11,13-16,23-24,27-29,34,36-42,58H,5-6,12,17-22,25-26H2,1-4H3,(H2,53,68)(H,56,59)(H,60,70)(H,61,72)(H,62,69)(H,63,74)(H,64,71)(H,65,73)(H,66,76)(H4,54,55,57)/t29-,34-,36+,37-,38+,39+,40+,41+,42+/m1/s1. The number of amides is 10. The van der Waals surface area contributed by atoms with E-state index in [2.05, 4.69) is 57.2 Å². The van der Waals surface area contributed by atoms with Gasteiger partial charge in [0.15, 0.2) is 5.96 Å². The van der Waals surface area contributed by atoms with Crippen molar-refractivity contribution in [1.82, 2.24) is 57.1 Å². The van der Waals surface area contributed by atoms with Crippen LogP contribution in [0.4, 0.5) is 4.79 Å². The minimum absolute atomic E-state index is 0.0448. The number of aromatic nitrogens is 3. The van der Waals surface area contributed by atoms with E-state index in [4.69, 9.17) is 17.2 Å². The molecule has 9 atom stereocenters. The van der Waals surface area contributed by atoms with Crippen LogP contribution in [0.1, 0.15) is 76.6 Å². The molecule has 0 saturated carbocycles. The molecule has 4 heterocycles. The Morgan fingerprint density at radius 1 is 0.718 bits per heavy atom. The highest BCUT2D eigenvalue weighted by molar-refractivity contribution is 8.76. The maximum absolute atomic E-state index is 14.7. The van der Waals surface area contributed by atoms with Crippen molar-refractivity contribution in [3.8, 4) is 0 Å². The third kappa shape index (κ3) is 16.5. The van der Waals surface area contributed by atoms with Crippen LogP contribution in [-0.2, 0) is 57.6 Å². The van der Waals surface area contributed by atoms with Crippen molar-refractivity contribution in [1.29, 1.82) is 0 Å². The summed E-state index contributed by atoms with van der Waals surface area (Å²) in [4.78, 5) is 144. The number of fused-ring (bicyclic) bond motifs is 1. The monoisotopic (exact) mass is 1110 g/mol. The van der Waals surface area contributed by atoms with Gasteiger partial charge in [0, 0.05) is 66.3 Å². The number of hydrogen-bond acceptors (Lipinski definition) is 13. The molecule has 0 radical (unpaired) electrons. The molecule has 2 aromatic heterocycles. The number of aliphatic imine (C=N–C) groups is 1. The molecule has 0 aliphatic carbocycles. The van der Waals surface area contributed by atoms with Gasteiger partial charge in [0.1, 0.15) is 42.3 Å². The van der Waals surface area contributed by atoms with Gasteiger partial charge in [-0.2, -0.15) is 0 Å². The zero-order valence-electron chi connectivity index (χ0n) is 44.0. The molecule has 2 fully saturated rings. The molecule has 78 heavy (non-hydrogen) atoms. The van der Waals surface area contributed by atoms with E-state index in [1.165, 1.54) is 19.4 Å². The molecule has 15 N–H and O–H groups in total. The zero-order chi connectivity index (χ0) is 56.5. The zero-order valence-corrected chi connectivity index (χ0v) is 45.7.